The predicted octanol–water partition coefficient (Wildman–Crippen LogP) is 4.28. The van der Waals surface area contributed by atoms with Crippen LogP contribution in [-0.4, -0.2) is 31.9 Å². The van der Waals surface area contributed by atoms with Gasteiger partial charge in [0.05, 0.1) is 23.0 Å². The molecule has 1 aromatic carbocycles. The van der Waals surface area contributed by atoms with Crippen LogP contribution >= 0.6 is 11.9 Å². The molecule has 0 radical (unpaired) electrons. The fourth-order valence-electron chi connectivity index (χ4n) is 4.03. The van der Waals surface area contributed by atoms with Crippen molar-refractivity contribution in [3.05, 3.63) is 52.2 Å². The van der Waals surface area contributed by atoms with Gasteiger partial charge < -0.3 is 14.9 Å². The first kappa shape index (κ1) is 20.4. The molecule has 1 fully saturated rings. The van der Waals surface area contributed by atoms with E-state index in [9.17, 15) is 9.18 Å². The van der Waals surface area contributed by atoms with Crippen LogP contribution in [0.3, 0.4) is 0 Å². The minimum absolute atomic E-state index is 0.0134. The Labute approximate surface area is 178 Å². The molecule has 1 atom stereocenters. The van der Waals surface area contributed by atoms with Crippen LogP contribution < -0.4 is 10.0 Å². The number of halogens is 2. The van der Waals surface area contributed by atoms with Crippen LogP contribution in [0.4, 0.5) is 10.1 Å². The van der Waals surface area contributed by atoms with E-state index in [0.29, 0.717) is 6.54 Å². The fourth-order valence-corrected chi connectivity index (χ4v) is 4.15. The molecular formula is C21H23ClFN5O2. The second-order valence-electron chi connectivity index (χ2n) is 7.70. The highest BCUT2D eigenvalue weighted by atomic mass is 35.5. The maximum Gasteiger partial charge on any atom is 0.256 e. The van der Waals surface area contributed by atoms with Gasteiger partial charge in [0.15, 0.2) is 11.4 Å². The van der Waals surface area contributed by atoms with E-state index in [2.05, 4.69) is 9.27 Å². The van der Waals surface area contributed by atoms with E-state index in [1.165, 1.54) is 0 Å². The van der Waals surface area contributed by atoms with Crippen LogP contribution in [0.1, 0.15) is 58.3 Å². The average Bonchev–Trinajstić information content (AvgIpc) is 3.17. The molecule has 2 aromatic heterocycles. The quantitative estimate of drug-likeness (QED) is 0.625. The van der Waals surface area contributed by atoms with Crippen LogP contribution in [0.2, 0.25) is 0 Å². The highest BCUT2D eigenvalue weighted by molar-refractivity contribution is 6.10. The molecule has 3 aromatic rings. The van der Waals surface area contributed by atoms with Gasteiger partial charge in [-0.25, -0.2) is 13.9 Å². The van der Waals surface area contributed by atoms with Crippen molar-refractivity contribution in [2.45, 2.75) is 46.1 Å². The number of nitrogen functional groups attached to an aromatic ring is 1. The molecule has 1 amide bonds. The number of carbonyl (C=O) groups is 1. The third-order valence-electron chi connectivity index (χ3n) is 5.92. The van der Waals surface area contributed by atoms with Crippen molar-refractivity contribution in [1.82, 2.24) is 19.5 Å². The summed E-state index contributed by atoms with van der Waals surface area (Å²) in [4.78, 5) is 19.7. The van der Waals surface area contributed by atoms with Crippen molar-refractivity contribution < 1.29 is 13.5 Å². The van der Waals surface area contributed by atoms with Gasteiger partial charge in [-0.1, -0.05) is 0 Å². The van der Waals surface area contributed by atoms with Gasteiger partial charge >= 0.3 is 0 Å². The van der Waals surface area contributed by atoms with Crippen LogP contribution in [0, 0.1) is 26.6 Å². The summed E-state index contributed by atoms with van der Waals surface area (Å²) in [5.41, 5.74) is 10.6. The molecule has 7 nitrogen and oxygen atoms in total. The van der Waals surface area contributed by atoms with E-state index in [4.69, 9.17) is 22.7 Å². The SMILES string of the molecule is Cc1nc2cc(C3CCCCN3C(=O)c3cc(F)cc(OCl)c3N)nn2c(C)c1C. The Kier molecular flexibility index (Phi) is 5.27. The van der Waals surface area contributed by atoms with E-state index >= 15 is 0 Å². The summed E-state index contributed by atoms with van der Waals surface area (Å²) >= 11 is 5.39. The summed E-state index contributed by atoms with van der Waals surface area (Å²) in [6.45, 7) is 6.50. The minimum atomic E-state index is -0.643. The number of nitrogens with zero attached hydrogens (tertiary/aromatic N) is 4. The highest BCUT2D eigenvalue weighted by Crippen LogP contribution is 2.35. The molecule has 158 valence electrons. The van der Waals surface area contributed by atoms with E-state index in [1.807, 2.05) is 31.4 Å². The van der Waals surface area contributed by atoms with Gasteiger partial charge in [0, 0.05) is 30.1 Å². The lowest BCUT2D eigenvalue weighted by atomic mass is 9.97. The zero-order chi connectivity index (χ0) is 21.6. The molecule has 1 aliphatic rings. The Bertz CT molecular complexity index is 1150. The van der Waals surface area contributed by atoms with Gasteiger partial charge in [-0.2, -0.15) is 5.10 Å². The lowest BCUT2D eigenvalue weighted by Crippen LogP contribution is -2.39. The van der Waals surface area contributed by atoms with Gasteiger partial charge in [0.2, 0.25) is 0 Å². The molecule has 1 aliphatic heterocycles. The van der Waals surface area contributed by atoms with Crippen molar-refractivity contribution in [2.75, 3.05) is 12.3 Å². The summed E-state index contributed by atoms with van der Waals surface area (Å²) in [6.07, 6.45) is 2.56. The summed E-state index contributed by atoms with van der Waals surface area (Å²) in [7, 11) is 0. The molecule has 9 heteroatoms. The standard InChI is InChI=1S/C21H23ClFN5O2/c1-11-12(2)25-19-10-16(26-28(19)13(11)3)17-6-4-5-7-27(17)21(29)15-8-14(23)9-18(30-22)20(15)24/h8-10,17H,4-7,24H2,1-3H3. The first-order valence-electron chi connectivity index (χ1n) is 9.84. The predicted molar refractivity (Wildman–Crippen MR) is 112 cm³/mol. The molecule has 3 heterocycles. The number of aryl methyl sites for hydroxylation is 2. The molecule has 1 unspecified atom stereocenters. The minimum Gasteiger partial charge on any atom is -0.395 e. The molecule has 4 rings (SSSR count). The molecule has 0 spiro atoms. The Morgan fingerprint density at radius 1 is 1.27 bits per heavy atom. The molecular weight excluding hydrogens is 409 g/mol. The number of likely N-dealkylation sites (tertiary alicyclic amines) is 1. The van der Waals surface area contributed by atoms with Gasteiger partial charge in [-0.05, 0) is 51.7 Å². The zero-order valence-electron chi connectivity index (χ0n) is 17.1. The number of benzene rings is 1. The van der Waals surface area contributed by atoms with Crippen LogP contribution in [0.15, 0.2) is 18.2 Å². The number of aromatic nitrogens is 3. The van der Waals surface area contributed by atoms with Gasteiger partial charge in [-0.15, -0.1) is 0 Å². The van der Waals surface area contributed by atoms with Crippen molar-refractivity contribution in [2.24, 2.45) is 0 Å². The van der Waals surface area contributed by atoms with E-state index in [1.54, 1.807) is 4.90 Å². The third kappa shape index (κ3) is 3.35. The molecule has 2 N–H and O–H groups in total. The molecule has 0 bridgehead atoms. The first-order chi connectivity index (χ1) is 14.3. The number of carbonyl (C=O) groups excluding carboxylic acids is 1. The average molecular weight is 432 g/mol. The van der Waals surface area contributed by atoms with Crippen molar-refractivity contribution in [3.63, 3.8) is 0 Å². The normalized spacial score (nSPS) is 16.8. The third-order valence-corrected chi connectivity index (χ3v) is 6.09. The lowest BCUT2D eigenvalue weighted by Gasteiger charge is -2.35. The maximum atomic E-state index is 14.0. The molecule has 1 saturated heterocycles. The first-order valence-corrected chi connectivity index (χ1v) is 10.1. The Morgan fingerprint density at radius 2 is 2.03 bits per heavy atom. The Morgan fingerprint density at radius 3 is 2.77 bits per heavy atom. The molecule has 0 aliphatic carbocycles. The van der Waals surface area contributed by atoms with Gasteiger partial charge in [0.1, 0.15) is 17.7 Å². The summed E-state index contributed by atoms with van der Waals surface area (Å²) < 4.78 is 20.4. The number of piperidine rings is 1. The highest BCUT2D eigenvalue weighted by Gasteiger charge is 2.32. The number of nitrogens with two attached hydrogens (primary N) is 1. The number of amides is 1. The molecule has 0 saturated carbocycles. The van der Waals surface area contributed by atoms with Gasteiger partial charge in [-0.3, -0.25) is 4.79 Å². The lowest BCUT2D eigenvalue weighted by molar-refractivity contribution is 0.0606. The number of anilines is 1. The molecule has 30 heavy (non-hydrogen) atoms. The monoisotopic (exact) mass is 431 g/mol. The Hall–Kier alpha value is -2.87. The van der Waals surface area contributed by atoms with Gasteiger partial charge in [0.25, 0.3) is 5.91 Å². The summed E-state index contributed by atoms with van der Waals surface area (Å²) in [6, 6.07) is 3.83. The summed E-state index contributed by atoms with van der Waals surface area (Å²) in [5, 5.41) is 4.75. The van der Waals surface area contributed by atoms with Crippen molar-refractivity contribution in [3.8, 4) is 5.75 Å². The fraction of sp³-hybridized carbons (Fsp3) is 0.381. The van der Waals surface area contributed by atoms with Crippen LogP contribution in [-0.2, 0) is 0 Å². The number of fused-ring (bicyclic) bond motifs is 1. The topological polar surface area (TPSA) is 85.8 Å². The number of rotatable bonds is 3. The second kappa shape index (κ2) is 7.75. The zero-order valence-corrected chi connectivity index (χ0v) is 17.8. The summed E-state index contributed by atoms with van der Waals surface area (Å²) in [5.74, 6) is -1.09. The smallest absolute Gasteiger partial charge is 0.256 e. The largest absolute Gasteiger partial charge is 0.395 e. The second-order valence-corrected chi connectivity index (χ2v) is 7.85. The van der Waals surface area contributed by atoms with Crippen LogP contribution in [0.5, 0.6) is 5.75 Å². The van der Waals surface area contributed by atoms with Crippen LogP contribution in [0.25, 0.3) is 5.65 Å². The number of hydrogen-bond acceptors (Lipinski definition) is 5. The van der Waals surface area contributed by atoms with Crippen molar-refractivity contribution >= 4 is 29.1 Å². The Balaban J connectivity index is 1.76. The van der Waals surface area contributed by atoms with E-state index in [0.717, 1.165) is 59.7 Å². The maximum absolute atomic E-state index is 14.0. The van der Waals surface area contributed by atoms with E-state index in [-0.39, 0.29) is 28.9 Å². The van der Waals surface area contributed by atoms with Crippen molar-refractivity contribution in [1.29, 1.82) is 0 Å². The van der Waals surface area contributed by atoms with E-state index < -0.39 is 5.82 Å². The number of hydrogen-bond donors (Lipinski definition) is 1.